The first-order valence-corrected chi connectivity index (χ1v) is 8.74. The molecule has 1 aliphatic heterocycles. The number of hydrogen-bond donors (Lipinski definition) is 1. The molecule has 0 bridgehead atoms. The molecule has 0 spiro atoms. The molecule has 3 rings (SSSR count). The Hall–Kier alpha value is -3.77. The number of ether oxygens (including phenoxy) is 1. The van der Waals surface area contributed by atoms with Crippen LogP contribution in [0.1, 0.15) is 6.42 Å². The Balaban J connectivity index is 1.63. The van der Waals surface area contributed by atoms with Crippen LogP contribution in [0.4, 0.5) is 34.6 Å². The minimum absolute atomic E-state index is 0.0845. The van der Waals surface area contributed by atoms with Gasteiger partial charge in [0.1, 0.15) is 0 Å². The van der Waals surface area contributed by atoms with E-state index in [4.69, 9.17) is 0 Å². The van der Waals surface area contributed by atoms with Crippen molar-refractivity contribution < 1.29 is 36.8 Å². The Morgan fingerprint density at radius 1 is 1.32 bits per heavy atom. The van der Waals surface area contributed by atoms with Crippen molar-refractivity contribution in [3.63, 3.8) is 0 Å². The van der Waals surface area contributed by atoms with Crippen LogP contribution in [0, 0.1) is 21.8 Å². The van der Waals surface area contributed by atoms with Gasteiger partial charge in [-0.25, -0.2) is 4.98 Å². The van der Waals surface area contributed by atoms with Gasteiger partial charge in [0.05, 0.1) is 28.4 Å². The molecule has 2 aromatic rings. The normalized spacial score (nSPS) is 16.3. The first kappa shape index (κ1) is 21.9. The second kappa shape index (κ2) is 8.53. The van der Waals surface area contributed by atoms with E-state index >= 15 is 0 Å². The van der Waals surface area contributed by atoms with E-state index in [1.54, 1.807) is 0 Å². The second-order valence-electron chi connectivity index (χ2n) is 6.58. The summed E-state index contributed by atoms with van der Waals surface area (Å²) >= 11 is 0. The highest BCUT2D eigenvalue weighted by Crippen LogP contribution is 2.30. The average Bonchev–Trinajstić information content (AvgIpc) is 3.09. The first-order chi connectivity index (χ1) is 14.5. The van der Waals surface area contributed by atoms with Crippen LogP contribution in [-0.4, -0.2) is 41.0 Å². The number of carbonyl (C=O) groups excluding carboxylic acids is 2. The van der Waals surface area contributed by atoms with Crippen LogP contribution in [0.15, 0.2) is 36.5 Å². The molecule has 1 saturated heterocycles. The minimum atomic E-state index is -4.51. The van der Waals surface area contributed by atoms with E-state index in [1.807, 2.05) is 0 Å². The van der Waals surface area contributed by atoms with Crippen LogP contribution in [0.2, 0.25) is 0 Å². The predicted molar refractivity (Wildman–Crippen MR) is 97.9 cm³/mol. The van der Waals surface area contributed by atoms with Gasteiger partial charge in [-0.15, -0.1) is 0 Å². The van der Waals surface area contributed by atoms with Gasteiger partial charge in [0.25, 0.3) is 0 Å². The fourth-order valence-electron chi connectivity index (χ4n) is 2.88. The van der Waals surface area contributed by atoms with Gasteiger partial charge < -0.3 is 15.0 Å². The maximum absolute atomic E-state index is 13.5. The number of alkyl halides is 3. The van der Waals surface area contributed by atoms with Crippen LogP contribution in [0.25, 0.3) is 0 Å². The van der Waals surface area contributed by atoms with E-state index in [-0.39, 0.29) is 30.2 Å². The number of pyridine rings is 1. The lowest BCUT2D eigenvalue weighted by atomic mass is 10.1. The van der Waals surface area contributed by atoms with Gasteiger partial charge in [-0.2, -0.15) is 17.6 Å². The van der Waals surface area contributed by atoms with Crippen LogP contribution in [-0.2, 0) is 9.59 Å². The van der Waals surface area contributed by atoms with Gasteiger partial charge >= 0.3 is 11.9 Å². The lowest BCUT2D eigenvalue weighted by Gasteiger charge is -2.16. The highest BCUT2D eigenvalue weighted by Gasteiger charge is 2.36. The van der Waals surface area contributed by atoms with Crippen LogP contribution >= 0.6 is 0 Å². The zero-order valence-corrected chi connectivity index (χ0v) is 15.6. The van der Waals surface area contributed by atoms with E-state index in [2.05, 4.69) is 15.0 Å². The molecule has 0 saturated carbocycles. The number of nitro groups is 1. The van der Waals surface area contributed by atoms with Gasteiger partial charge in [-0.05, 0) is 18.2 Å². The maximum atomic E-state index is 13.5. The molecule has 0 aliphatic carbocycles. The minimum Gasteiger partial charge on any atom is -0.468 e. The van der Waals surface area contributed by atoms with Crippen LogP contribution in [0.5, 0.6) is 5.88 Å². The summed E-state index contributed by atoms with van der Waals surface area (Å²) in [6, 6.07) is 5.41. The topological polar surface area (TPSA) is 115 Å². The van der Waals surface area contributed by atoms with Crippen molar-refractivity contribution in [2.24, 2.45) is 5.92 Å². The summed E-state index contributed by atoms with van der Waals surface area (Å²) in [5.74, 6) is -3.17. The maximum Gasteiger partial charge on any atom is 0.422 e. The molecule has 1 aromatic carbocycles. The summed E-state index contributed by atoms with van der Waals surface area (Å²) in [7, 11) is 0. The molecule has 1 unspecified atom stereocenters. The van der Waals surface area contributed by atoms with Gasteiger partial charge in [0, 0.05) is 25.1 Å². The third kappa shape index (κ3) is 5.43. The van der Waals surface area contributed by atoms with Gasteiger partial charge in [-0.1, -0.05) is 0 Å². The number of rotatable bonds is 6. The largest absolute Gasteiger partial charge is 0.468 e. The number of nitrogens with one attached hydrogen (secondary N) is 1. The third-order valence-electron chi connectivity index (χ3n) is 4.32. The SMILES string of the molecule is O=C(Nc1ccc(OCC(F)(F)F)nc1)C1CC(=O)N(c2ccc(F)c([N+](=O)[O-])c2)C1. The highest BCUT2D eigenvalue weighted by molar-refractivity contribution is 6.03. The summed E-state index contributed by atoms with van der Waals surface area (Å²) in [5.41, 5.74) is -0.536. The summed E-state index contributed by atoms with van der Waals surface area (Å²) in [4.78, 5) is 39.5. The quantitative estimate of drug-likeness (QED) is 0.418. The fraction of sp³-hybridized carbons (Fsp3) is 0.278. The number of nitro benzene ring substituents is 1. The number of halogens is 4. The lowest BCUT2D eigenvalue weighted by molar-refractivity contribution is -0.387. The third-order valence-corrected chi connectivity index (χ3v) is 4.32. The average molecular weight is 442 g/mol. The summed E-state index contributed by atoms with van der Waals surface area (Å²) in [5, 5.41) is 13.4. The number of amides is 2. The lowest BCUT2D eigenvalue weighted by Crippen LogP contribution is -2.28. The predicted octanol–water partition coefficient (Wildman–Crippen LogP) is 3.06. The number of benzene rings is 1. The zero-order valence-electron chi connectivity index (χ0n) is 15.6. The van der Waals surface area contributed by atoms with Crippen molar-refractivity contribution in [3.05, 3.63) is 52.5 Å². The second-order valence-corrected chi connectivity index (χ2v) is 6.58. The standard InChI is InChI=1S/C18H14F4N4O5/c19-13-3-2-12(6-14(13)26(29)30)25-8-10(5-16(25)27)17(28)24-11-1-4-15(23-7-11)31-9-18(20,21)22/h1-4,6-7,10H,5,8-9H2,(H,24,28). The van der Waals surface area contributed by atoms with Crippen molar-refractivity contribution in [3.8, 4) is 5.88 Å². The summed E-state index contributed by atoms with van der Waals surface area (Å²) in [6.07, 6.45) is -3.60. The smallest absolute Gasteiger partial charge is 0.422 e. The molecular weight excluding hydrogens is 428 g/mol. The van der Waals surface area contributed by atoms with Crippen LogP contribution < -0.4 is 15.0 Å². The van der Waals surface area contributed by atoms with E-state index in [1.165, 1.54) is 12.1 Å². The Morgan fingerprint density at radius 3 is 2.68 bits per heavy atom. The molecule has 0 radical (unpaired) electrons. The number of aromatic nitrogens is 1. The zero-order chi connectivity index (χ0) is 22.8. The molecule has 13 heteroatoms. The van der Waals surface area contributed by atoms with Gasteiger partial charge in [-0.3, -0.25) is 19.7 Å². The van der Waals surface area contributed by atoms with Crippen molar-refractivity contribution in [1.29, 1.82) is 0 Å². The van der Waals surface area contributed by atoms with E-state index in [9.17, 15) is 37.3 Å². The molecule has 164 valence electrons. The molecule has 2 heterocycles. The Morgan fingerprint density at radius 2 is 2.06 bits per heavy atom. The first-order valence-electron chi connectivity index (χ1n) is 8.74. The molecule has 1 fully saturated rings. The summed E-state index contributed by atoms with van der Waals surface area (Å²) in [6.45, 7) is -1.60. The molecule has 2 amide bonds. The highest BCUT2D eigenvalue weighted by atomic mass is 19.4. The Bertz CT molecular complexity index is 1010. The van der Waals surface area contributed by atoms with Gasteiger partial charge in [0.15, 0.2) is 6.61 Å². The van der Waals surface area contributed by atoms with E-state index in [0.29, 0.717) is 0 Å². The number of anilines is 2. The Labute approximate surface area is 171 Å². The van der Waals surface area contributed by atoms with Crippen molar-refractivity contribution >= 4 is 28.9 Å². The van der Waals surface area contributed by atoms with Crippen molar-refractivity contribution in [1.82, 2.24) is 4.98 Å². The molecule has 1 atom stereocenters. The summed E-state index contributed by atoms with van der Waals surface area (Å²) < 4.78 is 54.4. The Kier molecular flexibility index (Phi) is 6.04. The van der Waals surface area contributed by atoms with Crippen LogP contribution in [0.3, 0.4) is 0 Å². The number of hydrogen-bond acceptors (Lipinski definition) is 6. The molecule has 1 aliphatic rings. The monoisotopic (exact) mass is 442 g/mol. The van der Waals surface area contributed by atoms with Crippen molar-refractivity contribution in [2.45, 2.75) is 12.6 Å². The number of nitrogens with zero attached hydrogens (tertiary/aromatic N) is 3. The van der Waals surface area contributed by atoms with Crippen molar-refractivity contribution in [2.75, 3.05) is 23.4 Å². The molecule has 31 heavy (non-hydrogen) atoms. The number of carbonyl (C=O) groups is 2. The van der Waals surface area contributed by atoms with E-state index < -0.39 is 46.9 Å². The molecule has 1 aromatic heterocycles. The molecule has 1 N–H and O–H groups in total. The van der Waals surface area contributed by atoms with E-state index in [0.717, 1.165) is 29.3 Å². The fourth-order valence-corrected chi connectivity index (χ4v) is 2.88. The molecule has 9 nitrogen and oxygen atoms in total. The molecular formula is C18H14F4N4O5. The van der Waals surface area contributed by atoms with Gasteiger partial charge in [0.2, 0.25) is 23.5 Å².